The third kappa shape index (κ3) is 4.05. The lowest BCUT2D eigenvalue weighted by Crippen LogP contribution is -2.24. The molecule has 3 rings (SSSR count). The minimum absolute atomic E-state index is 0.156. The van der Waals surface area contributed by atoms with E-state index in [0.717, 1.165) is 5.56 Å². The van der Waals surface area contributed by atoms with Crippen molar-refractivity contribution in [2.45, 2.75) is 37.3 Å². The molecule has 1 N–H and O–H groups in total. The number of hydrogen-bond acceptors (Lipinski definition) is 7. The number of amides is 1. The summed E-state index contributed by atoms with van der Waals surface area (Å²) in [6.45, 7) is 5.78. The van der Waals surface area contributed by atoms with Crippen LogP contribution in [0.1, 0.15) is 26.8 Å². The fraction of sp³-hybridized carbons (Fsp3) is 0.312. The van der Waals surface area contributed by atoms with E-state index in [9.17, 15) is 4.79 Å². The average Bonchev–Trinajstić information content (AvgIpc) is 3.25. The smallest absolute Gasteiger partial charge is 0.277 e. The zero-order valence-electron chi connectivity index (χ0n) is 14.1. The summed E-state index contributed by atoms with van der Waals surface area (Å²) in [7, 11) is 0. The van der Waals surface area contributed by atoms with Gasteiger partial charge in [-0.25, -0.2) is 4.68 Å². The van der Waals surface area contributed by atoms with E-state index in [1.54, 1.807) is 48.4 Å². The fourth-order valence-corrected chi connectivity index (χ4v) is 2.81. The second-order valence-electron chi connectivity index (χ2n) is 5.61. The van der Waals surface area contributed by atoms with E-state index < -0.39 is 5.25 Å². The molecule has 1 amide bonds. The summed E-state index contributed by atoms with van der Waals surface area (Å²) in [6.07, 6.45) is 4.97. The summed E-state index contributed by atoms with van der Waals surface area (Å²) in [4.78, 5) is 16.3. The van der Waals surface area contributed by atoms with Crippen molar-refractivity contribution >= 4 is 23.5 Å². The van der Waals surface area contributed by atoms with E-state index in [4.69, 9.17) is 4.42 Å². The molecule has 0 aliphatic rings. The highest BCUT2D eigenvalue weighted by Crippen LogP contribution is 2.26. The van der Waals surface area contributed by atoms with Crippen LogP contribution >= 0.6 is 11.8 Å². The molecular formula is C16H18N6O2S. The zero-order chi connectivity index (χ0) is 17.8. The molecule has 25 heavy (non-hydrogen) atoms. The summed E-state index contributed by atoms with van der Waals surface area (Å²) in [5.74, 6) is 0.905. The first kappa shape index (κ1) is 17.2. The number of hydrogen-bond donors (Lipinski definition) is 1. The van der Waals surface area contributed by atoms with Gasteiger partial charge in [-0.2, -0.15) is 5.10 Å². The standard InChI is InChI=1S/C16H18N6O2S/c1-10(2)22-13(6-9-18-22)19-14(23)11(3)25-16-21-20-15(24-16)12-4-7-17-8-5-12/h4-11H,1-3H3,(H,19,23). The van der Waals surface area contributed by atoms with E-state index >= 15 is 0 Å². The van der Waals surface area contributed by atoms with Crippen molar-refractivity contribution in [3.63, 3.8) is 0 Å². The van der Waals surface area contributed by atoms with Gasteiger partial charge in [-0.05, 0) is 32.9 Å². The zero-order valence-corrected chi connectivity index (χ0v) is 14.9. The van der Waals surface area contributed by atoms with Gasteiger partial charge in [-0.15, -0.1) is 10.2 Å². The maximum absolute atomic E-state index is 12.4. The third-order valence-electron chi connectivity index (χ3n) is 3.39. The minimum Gasteiger partial charge on any atom is -0.411 e. The van der Waals surface area contributed by atoms with Crippen molar-refractivity contribution in [2.24, 2.45) is 0 Å². The SMILES string of the molecule is CC(Sc1nnc(-c2ccncc2)o1)C(=O)Nc1ccnn1C(C)C. The Morgan fingerprint density at radius 2 is 1.92 bits per heavy atom. The second kappa shape index (κ2) is 7.47. The number of carbonyl (C=O) groups is 1. The van der Waals surface area contributed by atoms with Crippen LogP contribution in [-0.4, -0.2) is 36.1 Å². The second-order valence-corrected chi connectivity index (χ2v) is 6.91. The highest BCUT2D eigenvalue weighted by molar-refractivity contribution is 8.00. The van der Waals surface area contributed by atoms with Gasteiger partial charge in [0, 0.05) is 30.1 Å². The van der Waals surface area contributed by atoms with Crippen LogP contribution in [0.3, 0.4) is 0 Å². The van der Waals surface area contributed by atoms with Crippen LogP contribution in [0.2, 0.25) is 0 Å². The van der Waals surface area contributed by atoms with Gasteiger partial charge in [-0.1, -0.05) is 11.8 Å². The Bertz CT molecular complexity index is 845. The number of nitrogens with one attached hydrogen (secondary N) is 1. The Balaban J connectivity index is 1.64. The van der Waals surface area contributed by atoms with Crippen molar-refractivity contribution in [1.29, 1.82) is 0 Å². The molecule has 0 aliphatic carbocycles. The highest BCUT2D eigenvalue weighted by atomic mass is 32.2. The first-order valence-electron chi connectivity index (χ1n) is 7.79. The van der Waals surface area contributed by atoms with Crippen LogP contribution in [0.5, 0.6) is 0 Å². The largest absolute Gasteiger partial charge is 0.411 e. The van der Waals surface area contributed by atoms with Gasteiger partial charge in [-0.3, -0.25) is 9.78 Å². The van der Waals surface area contributed by atoms with Crippen LogP contribution in [0.15, 0.2) is 46.4 Å². The quantitative estimate of drug-likeness (QED) is 0.676. The topological polar surface area (TPSA) is 98.7 Å². The molecule has 130 valence electrons. The van der Waals surface area contributed by atoms with Crippen molar-refractivity contribution in [3.05, 3.63) is 36.8 Å². The predicted molar refractivity (Wildman–Crippen MR) is 94.1 cm³/mol. The van der Waals surface area contributed by atoms with Crippen LogP contribution in [0.25, 0.3) is 11.5 Å². The Kier molecular flexibility index (Phi) is 5.13. The van der Waals surface area contributed by atoms with Gasteiger partial charge in [0.2, 0.25) is 11.8 Å². The number of anilines is 1. The van der Waals surface area contributed by atoms with Crippen molar-refractivity contribution in [1.82, 2.24) is 25.0 Å². The third-order valence-corrected chi connectivity index (χ3v) is 4.33. The van der Waals surface area contributed by atoms with Crippen LogP contribution in [0, 0.1) is 0 Å². The molecule has 0 aliphatic heterocycles. The normalized spacial score (nSPS) is 12.3. The number of carbonyl (C=O) groups excluding carboxylic acids is 1. The van der Waals surface area contributed by atoms with E-state index in [1.807, 2.05) is 13.8 Å². The monoisotopic (exact) mass is 358 g/mol. The van der Waals surface area contributed by atoms with E-state index in [0.29, 0.717) is 16.9 Å². The maximum Gasteiger partial charge on any atom is 0.277 e. The van der Waals surface area contributed by atoms with E-state index in [-0.39, 0.29) is 11.9 Å². The molecule has 3 heterocycles. The number of aromatic nitrogens is 5. The first-order chi connectivity index (χ1) is 12.0. The lowest BCUT2D eigenvalue weighted by molar-refractivity contribution is -0.115. The predicted octanol–water partition coefficient (Wildman–Crippen LogP) is 3.03. The minimum atomic E-state index is -0.402. The number of nitrogens with zero attached hydrogens (tertiary/aromatic N) is 5. The van der Waals surface area contributed by atoms with Crippen LogP contribution in [-0.2, 0) is 4.79 Å². The van der Waals surface area contributed by atoms with Crippen molar-refractivity contribution in [2.75, 3.05) is 5.32 Å². The van der Waals surface area contributed by atoms with Gasteiger partial charge >= 0.3 is 0 Å². The van der Waals surface area contributed by atoms with E-state index in [1.165, 1.54) is 11.8 Å². The molecule has 3 aromatic heterocycles. The highest BCUT2D eigenvalue weighted by Gasteiger charge is 2.20. The van der Waals surface area contributed by atoms with Crippen LogP contribution < -0.4 is 5.32 Å². The molecule has 0 radical (unpaired) electrons. The van der Waals surface area contributed by atoms with E-state index in [2.05, 4.69) is 25.6 Å². The maximum atomic E-state index is 12.4. The summed E-state index contributed by atoms with van der Waals surface area (Å²) < 4.78 is 7.36. The number of pyridine rings is 1. The fourth-order valence-electron chi connectivity index (χ4n) is 2.13. The molecule has 0 fully saturated rings. The molecule has 0 saturated heterocycles. The summed E-state index contributed by atoms with van der Waals surface area (Å²) in [5, 5.41) is 15.0. The van der Waals surface area contributed by atoms with Gasteiger partial charge in [0.1, 0.15) is 5.82 Å². The Labute approximate surface area is 149 Å². The Morgan fingerprint density at radius 1 is 1.16 bits per heavy atom. The molecule has 0 spiro atoms. The summed E-state index contributed by atoms with van der Waals surface area (Å²) in [6, 6.07) is 5.49. The van der Waals surface area contributed by atoms with Crippen molar-refractivity contribution < 1.29 is 9.21 Å². The van der Waals surface area contributed by atoms with Gasteiger partial charge in [0.25, 0.3) is 5.22 Å². The Hall–Kier alpha value is -2.68. The van der Waals surface area contributed by atoms with Crippen molar-refractivity contribution in [3.8, 4) is 11.5 Å². The molecule has 0 saturated carbocycles. The lowest BCUT2D eigenvalue weighted by atomic mass is 10.3. The average molecular weight is 358 g/mol. The molecule has 0 aromatic carbocycles. The lowest BCUT2D eigenvalue weighted by Gasteiger charge is -2.13. The molecule has 1 atom stereocenters. The first-order valence-corrected chi connectivity index (χ1v) is 8.67. The number of thioether (sulfide) groups is 1. The van der Waals surface area contributed by atoms with Crippen LogP contribution in [0.4, 0.5) is 5.82 Å². The molecule has 3 aromatic rings. The van der Waals surface area contributed by atoms with Gasteiger partial charge in [0.15, 0.2) is 0 Å². The molecule has 9 heteroatoms. The van der Waals surface area contributed by atoms with Gasteiger partial charge < -0.3 is 9.73 Å². The molecule has 1 unspecified atom stereocenters. The van der Waals surface area contributed by atoms with Gasteiger partial charge in [0.05, 0.1) is 11.4 Å². The number of rotatable bonds is 6. The molecular weight excluding hydrogens is 340 g/mol. The summed E-state index contributed by atoms with van der Waals surface area (Å²) >= 11 is 1.21. The Morgan fingerprint density at radius 3 is 2.64 bits per heavy atom. The summed E-state index contributed by atoms with van der Waals surface area (Å²) in [5.41, 5.74) is 0.785. The molecule has 0 bridgehead atoms. The molecule has 8 nitrogen and oxygen atoms in total.